The Morgan fingerprint density at radius 1 is 1.33 bits per heavy atom. The molecule has 0 spiro atoms. The average Bonchev–Trinajstić information content (AvgIpc) is 2.30. The Kier molecular flexibility index (Phi) is 10.5. The molecule has 0 amide bonds. The van der Waals surface area contributed by atoms with Crippen LogP contribution in [-0.2, 0) is 11.3 Å². The first kappa shape index (κ1) is 19.2. The Labute approximate surface area is 120 Å². The van der Waals surface area contributed by atoms with Gasteiger partial charge < -0.3 is 26.6 Å². The van der Waals surface area contributed by atoms with Crippen molar-refractivity contribution in [2.75, 3.05) is 20.6 Å². The van der Waals surface area contributed by atoms with Crippen molar-refractivity contribution in [1.29, 1.82) is 0 Å². The van der Waals surface area contributed by atoms with Crippen molar-refractivity contribution in [3.05, 3.63) is 48.6 Å². The van der Waals surface area contributed by atoms with Crippen LogP contribution >= 0.6 is 0 Å². The molecule has 1 rings (SSSR count). The number of quaternary nitrogens is 1. The molecule has 0 aromatic heterocycles. The third-order valence-electron chi connectivity index (χ3n) is 2.48. The van der Waals surface area contributed by atoms with Gasteiger partial charge in [0, 0.05) is 11.6 Å². The molecule has 1 N–H and O–H groups in total. The summed E-state index contributed by atoms with van der Waals surface area (Å²) in [6.45, 7) is 7.48. The van der Waals surface area contributed by atoms with Crippen LogP contribution < -0.4 is 17.0 Å². The molecule has 0 radical (unpaired) electrons. The standard InChI is InChI=1S/C11H18N.C3H4O2.BrH/c1-4-12(2,3)10-11-8-6-5-7-9-11;1-2-3(4)5;/h5-9H,4,10H2,1-3H3;2H,1H2,(H,4,5);1H/q+1;;/p-1. The summed E-state index contributed by atoms with van der Waals surface area (Å²) in [5, 5.41) is 7.60. The zero-order valence-corrected chi connectivity index (χ0v) is 12.9. The summed E-state index contributed by atoms with van der Waals surface area (Å²) in [5.74, 6) is -0.981. The molecule has 4 heteroatoms. The smallest absolute Gasteiger partial charge is 0.327 e. The van der Waals surface area contributed by atoms with Crippen LogP contribution in [0.15, 0.2) is 43.0 Å². The van der Waals surface area contributed by atoms with Crippen molar-refractivity contribution >= 4 is 5.97 Å². The lowest BCUT2D eigenvalue weighted by molar-refractivity contribution is -0.901. The number of benzene rings is 1. The molecule has 0 aliphatic heterocycles. The van der Waals surface area contributed by atoms with Crippen LogP contribution in [0.2, 0.25) is 0 Å². The van der Waals surface area contributed by atoms with E-state index in [0.29, 0.717) is 0 Å². The van der Waals surface area contributed by atoms with Gasteiger partial charge in [0.25, 0.3) is 0 Å². The van der Waals surface area contributed by atoms with Crippen molar-refractivity contribution in [1.82, 2.24) is 0 Å². The highest BCUT2D eigenvalue weighted by Crippen LogP contribution is 2.07. The summed E-state index contributed by atoms with van der Waals surface area (Å²) in [6.07, 6.45) is 0.833. The Balaban J connectivity index is 0. The van der Waals surface area contributed by atoms with Gasteiger partial charge in [-0.15, -0.1) is 0 Å². The van der Waals surface area contributed by atoms with E-state index >= 15 is 0 Å². The van der Waals surface area contributed by atoms with Gasteiger partial charge in [0.15, 0.2) is 0 Å². The molecule has 0 aliphatic rings. The second-order valence-electron chi connectivity index (χ2n) is 4.44. The third-order valence-corrected chi connectivity index (χ3v) is 2.48. The van der Waals surface area contributed by atoms with Crippen molar-refractivity contribution in [2.24, 2.45) is 0 Å². The number of carbonyl (C=O) groups is 1. The normalized spacial score (nSPS) is 9.50. The quantitative estimate of drug-likeness (QED) is 0.603. The molecule has 1 aromatic carbocycles. The van der Waals surface area contributed by atoms with E-state index < -0.39 is 5.97 Å². The van der Waals surface area contributed by atoms with E-state index in [1.165, 1.54) is 12.1 Å². The van der Waals surface area contributed by atoms with Gasteiger partial charge in [-0.25, -0.2) is 4.79 Å². The number of aliphatic carboxylic acids is 1. The first-order valence-electron chi connectivity index (χ1n) is 5.62. The number of nitrogens with zero attached hydrogens (tertiary/aromatic N) is 1. The minimum atomic E-state index is -0.981. The minimum Gasteiger partial charge on any atom is -1.00 e. The lowest BCUT2D eigenvalue weighted by atomic mass is 10.2. The van der Waals surface area contributed by atoms with E-state index in [9.17, 15) is 4.79 Å². The van der Waals surface area contributed by atoms with Gasteiger partial charge >= 0.3 is 5.97 Å². The number of halogens is 1. The Morgan fingerprint density at radius 2 is 1.78 bits per heavy atom. The minimum absolute atomic E-state index is 0. The summed E-state index contributed by atoms with van der Waals surface area (Å²) < 4.78 is 1.06. The largest absolute Gasteiger partial charge is 1.00 e. The van der Waals surface area contributed by atoms with Crippen molar-refractivity contribution in [3.63, 3.8) is 0 Å². The molecule has 0 saturated heterocycles. The van der Waals surface area contributed by atoms with Gasteiger partial charge in [0.2, 0.25) is 0 Å². The second-order valence-corrected chi connectivity index (χ2v) is 4.44. The summed E-state index contributed by atoms with van der Waals surface area (Å²) in [6, 6.07) is 10.6. The van der Waals surface area contributed by atoms with Crippen molar-refractivity contribution in [2.45, 2.75) is 13.5 Å². The van der Waals surface area contributed by atoms with E-state index in [1.807, 2.05) is 0 Å². The molecule has 0 bridgehead atoms. The average molecular weight is 316 g/mol. The van der Waals surface area contributed by atoms with E-state index in [-0.39, 0.29) is 17.0 Å². The highest BCUT2D eigenvalue weighted by molar-refractivity contribution is 5.78. The molecule has 0 atom stereocenters. The fourth-order valence-corrected chi connectivity index (χ4v) is 1.19. The highest BCUT2D eigenvalue weighted by atomic mass is 79.9. The van der Waals surface area contributed by atoms with E-state index in [2.05, 4.69) is 57.9 Å². The van der Waals surface area contributed by atoms with Crippen LogP contribution in [0, 0.1) is 0 Å². The molecule has 0 fully saturated rings. The van der Waals surface area contributed by atoms with E-state index in [1.54, 1.807) is 0 Å². The van der Waals surface area contributed by atoms with Gasteiger partial charge in [-0.3, -0.25) is 0 Å². The summed E-state index contributed by atoms with van der Waals surface area (Å²) in [5.41, 5.74) is 1.42. The maximum atomic E-state index is 9.25. The lowest BCUT2D eigenvalue weighted by Crippen LogP contribution is -3.00. The lowest BCUT2D eigenvalue weighted by Gasteiger charge is -2.28. The van der Waals surface area contributed by atoms with Gasteiger partial charge in [0.05, 0.1) is 20.6 Å². The maximum Gasteiger partial charge on any atom is 0.327 e. The highest BCUT2D eigenvalue weighted by Gasteiger charge is 2.11. The molecular formula is C14H22BrNO2. The summed E-state index contributed by atoms with van der Waals surface area (Å²) in [4.78, 5) is 9.25. The molecule has 18 heavy (non-hydrogen) atoms. The van der Waals surface area contributed by atoms with Gasteiger partial charge in [0.1, 0.15) is 6.54 Å². The molecular weight excluding hydrogens is 294 g/mol. The van der Waals surface area contributed by atoms with Crippen LogP contribution in [-0.4, -0.2) is 36.2 Å². The molecule has 0 saturated carbocycles. The molecule has 0 unspecified atom stereocenters. The number of carboxylic acid groups (broad SMARTS) is 1. The van der Waals surface area contributed by atoms with Crippen LogP contribution in [0.25, 0.3) is 0 Å². The van der Waals surface area contributed by atoms with Gasteiger partial charge in [-0.2, -0.15) is 0 Å². The monoisotopic (exact) mass is 315 g/mol. The van der Waals surface area contributed by atoms with Gasteiger partial charge in [-0.1, -0.05) is 36.9 Å². The second kappa shape index (κ2) is 9.85. The zero-order valence-electron chi connectivity index (χ0n) is 11.3. The SMILES string of the molecule is C=CC(=O)O.CC[N+](C)(C)Cc1ccccc1.[Br-]. The Bertz CT molecular complexity index is 350. The fourth-order valence-electron chi connectivity index (χ4n) is 1.19. The van der Waals surface area contributed by atoms with Crippen LogP contribution in [0.3, 0.4) is 0 Å². The van der Waals surface area contributed by atoms with E-state index in [4.69, 9.17) is 5.11 Å². The Morgan fingerprint density at radius 3 is 2.11 bits per heavy atom. The Hall–Kier alpha value is -1.13. The van der Waals surface area contributed by atoms with E-state index in [0.717, 1.165) is 17.1 Å². The van der Waals surface area contributed by atoms with Crippen LogP contribution in [0.5, 0.6) is 0 Å². The topological polar surface area (TPSA) is 37.3 Å². The predicted molar refractivity (Wildman–Crippen MR) is 70.6 cm³/mol. The van der Waals surface area contributed by atoms with Crippen molar-refractivity contribution in [3.8, 4) is 0 Å². The van der Waals surface area contributed by atoms with Crippen molar-refractivity contribution < 1.29 is 31.4 Å². The summed E-state index contributed by atoms with van der Waals surface area (Å²) in [7, 11) is 4.51. The first-order chi connectivity index (χ1) is 7.91. The molecule has 3 nitrogen and oxygen atoms in total. The van der Waals surface area contributed by atoms with Crippen LogP contribution in [0.1, 0.15) is 12.5 Å². The summed E-state index contributed by atoms with van der Waals surface area (Å²) >= 11 is 0. The number of hydrogen-bond donors (Lipinski definition) is 1. The molecule has 0 heterocycles. The molecule has 0 aliphatic carbocycles. The predicted octanol–water partition coefficient (Wildman–Crippen LogP) is -0.456. The fraction of sp³-hybridized carbons (Fsp3) is 0.357. The molecule has 102 valence electrons. The first-order valence-corrected chi connectivity index (χ1v) is 5.62. The maximum absolute atomic E-state index is 9.25. The van der Waals surface area contributed by atoms with Crippen LogP contribution in [0.4, 0.5) is 0 Å². The molecule has 1 aromatic rings. The number of carboxylic acids is 1. The van der Waals surface area contributed by atoms with Gasteiger partial charge in [-0.05, 0) is 6.92 Å². The number of rotatable bonds is 4. The third kappa shape index (κ3) is 10.1. The zero-order chi connectivity index (χ0) is 13.3. The number of hydrogen-bond acceptors (Lipinski definition) is 1.